The zero-order valence-corrected chi connectivity index (χ0v) is 12.6. The largest absolute Gasteiger partial charge is 0.368 e. The maximum Gasteiger partial charge on any atom is 0.0760 e. The number of pyridine rings is 1. The standard InChI is InChI=1S/C17H23N3/c1-12(2)14-5-4-6-15-16(11-13(3)19-17(14)15)20-9-7-18-8-10-20/h4-6,11-12,18H,7-10H2,1-3H3. The first-order valence-corrected chi connectivity index (χ1v) is 7.53. The van der Waals surface area contributed by atoms with Crippen LogP contribution in [-0.2, 0) is 0 Å². The second-order valence-electron chi connectivity index (χ2n) is 5.92. The summed E-state index contributed by atoms with van der Waals surface area (Å²) in [5.74, 6) is 0.504. The molecule has 0 bridgehead atoms. The lowest BCUT2D eigenvalue weighted by Gasteiger charge is -2.31. The van der Waals surface area contributed by atoms with Crippen molar-refractivity contribution in [3.05, 3.63) is 35.5 Å². The molecule has 0 amide bonds. The summed E-state index contributed by atoms with van der Waals surface area (Å²) < 4.78 is 0. The van der Waals surface area contributed by atoms with Crippen molar-refractivity contribution in [1.29, 1.82) is 0 Å². The Kier molecular flexibility index (Phi) is 3.62. The van der Waals surface area contributed by atoms with Crippen molar-refractivity contribution in [2.24, 2.45) is 0 Å². The lowest BCUT2D eigenvalue weighted by atomic mass is 9.98. The molecule has 2 aromatic rings. The first-order chi connectivity index (χ1) is 9.66. The molecular formula is C17H23N3. The third-order valence-corrected chi connectivity index (χ3v) is 4.06. The molecule has 0 radical (unpaired) electrons. The van der Waals surface area contributed by atoms with Gasteiger partial charge in [0.15, 0.2) is 0 Å². The van der Waals surface area contributed by atoms with Gasteiger partial charge in [-0.05, 0) is 24.5 Å². The van der Waals surface area contributed by atoms with Crippen molar-refractivity contribution in [2.45, 2.75) is 26.7 Å². The SMILES string of the molecule is Cc1cc(N2CCNCC2)c2cccc(C(C)C)c2n1. The van der Waals surface area contributed by atoms with Crippen LogP contribution in [0.25, 0.3) is 10.9 Å². The fraction of sp³-hybridized carbons (Fsp3) is 0.471. The molecule has 3 rings (SSSR count). The summed E-state index contributed by atoms with van der Waals surface area (Å²) in [6.07, 6.45) is 0. The molecule has 0 unspecified atom stereocenters. The van der Waals surface area contributed by atoms with Crippen LogP contribution in [0.1, 0.15) is 31.0 Å². The highest BCUT2D eigenvalue weighted by Crippen LogP contribution is 2.31. The van der Waals surface area contributed by atoms with Gasteiger partial charge < -0.3 is 10.2 Å². The number of anilines is 1. The van der Waals surface area contributed by atoms with Crippen LogP contribution >= 0.6 is 0 Å². The molecule has 0 saturated carbocycles. The molecule has 2 heterocycles. The van der Waals surface area contributed by atoms with Crippen LogP contribution in [0.2, 0.25) is 0 Å². The van der Waals surface area contributed by atoms with E-state index in [0.717, 1.165) is 31.9 Å². The molecule has 1 aromatic heterocycles. The molecular weight excluding hydrogens is 246 g/mol. The second-order valence-corrected chi connectivity index (χ2v) is 5.92. The van der Waals surface area contributed by atoms with Crippen LogP contribution in [0, 0.1) is 6.92 Å². The minimum Gasteiger partial charge on any atom is -0.368 e. The lowest BCUT2D eigenvalue weighted by Crippen LogP contribution is -2.43. The Morgan fingerprint density at radius 2 is 1.95 bits per heavy atom. The number of fused-ring (bicyclic) bond motifs is 1. The maximum atomic E-state index is 4.81. The topological polar surface area (TPSA) is 28.2 Å². The van der Waals surface area contributed by atoms with Crippen molar-refractivity contribution in [3.63, 3.8) is 0 Å². The average molecular weight is 269 g/mol. The fourth-order valence-electron chi connectivity index (χ4n) is 3.01. The predicted octanol–water partition coefficient (Wildman–Crippen LogP) is 3.08. The van der Waals surface area contributed by atoms with Gasteiger partial charge in [0.1, 0.15) is 0 Å². The van der Waals surface area contributed by atoms with Crippen molar-refractivity contribution in [3.8, 4) is 0 Å². The van der Waals surface area contributed by atoms with Crippen LogP contribution in [0.3, 0.4) is 0 Å². The number of hydrogen-bond donors (Lipinski definition) is 1. The Morgan fingerprint density at radius 3 is 2.65 bits per heavy atom. The number of para-hydroxylation sites is 1. The van der Waals surface area contributed by atoms with Crippen LogP contribution in [0.5, 0.6) is 0 Å². The Labute approximate surface area is 121 Å². The summed E-state index contributed by atoms with van der Waals surface area (Å²) in [5, 5.41) is 4.71. The van der Waals surface area contributed by atoms with Gasteiger partial charge >= 0.3 is 0 Å². The first-order valence-electron chi connectivity index (χ1n) is 7.53. The summed E-state index contributed by atoms with van der Waals surface area (Å²) in [7, 11) is 0. The number of aryl methyl sites for hydroxylation is 1. The van der Waals surface area contributed by atoms with E-state index in [1.54, 1.807) is 0 Å². The molecule has 1 fully saturated rings. The average Bonchev–Trinajstić information content (AvgIpc) is 2.46. The van der Waals surface area contributed by atoms with Gasteiger partial charge in [-0.3, -0.25) is 4.98 Å². The highest BCUT2D eigenvalue weighted by molar-refractivity contribution is 5.94. The number of nitrogens with one attached hydrogen (secondary N) is 1. The van der Waals surface area contributed by atoms with Crippen LogP contribution in [0.15, 0.2) is 24.3 Å². The smallest absolute Gasteiger partial charge is 0.0760 e. The third-order valence-electron chi connectivity index (χ3n) is 4.06. The number of nitrogens with zero attached hydrogens (tertiary/aromatic N) is 2. The Morgan fingerprint density at radius 1 is 1.20 bits per heavy atom. The molecule has 1 aromatic carbocycles. The molecule has 1 aliphatic rings. The van der Waals surface area contributed by atoms with Gasteiger partial charge in [0.05, 0.1) is 5.52 Å². The highest BCUT2D eigenvalue weighted by atomic mass is 15.2. The molecule has 1 aliphatic heterocycles. The molecule has 1 saturated heterocycles. The Hall–Kier alpha value is -1.61. The Balaban J connectivity index is 2.18. The molecule has 0 atom stereocenters. The van der Waals surface area contributed by atoms with E-state index in [1.165, 1.54) is 22.2 Å². The van der Waals surface area contributed by atoms with Crippen LogP contribution in [0.4, 0.5) is 5.69 Å². The van der Waals surface area contributed by atoms with E-state index in [0.29, 0.717) is 5.92 Å². The monoisotopic (exact) mass is 269 g/mol. The Bertz CT molecular complexity index is 613. The maximum absolute atomic E-state index is 4.81. The van der Waals surface area contributed by atoms with E-state index in [-0.39, 0.29) is 0 Å². The third kappa shape index (κ3) is 2.38. The number of rotatable bonds is 2. The number of hydrogen-bond acceptors (Lipinski definition) is 3. The van der Waals surface area contributed by atoms with E-state index < -0.39 is 0 Å². The van der Waals surface area contributed by atoms with Gasteiger partial charge in [-0.2, -0.15) is 0 Å². The minimum atomic E-state index is 0.504. The first kappa shape index (κ1) is 13.4. The highest BCUT2D eigenvalue weighted by Gasteiger charge is 2.16. The fourth-order valence-corrected chi connectivity index (χ4v) is 3.01. The van der Waals surface area contributed by atoms with Crippen molar-refractivity contribution in [1.82, 2.24) is 10.3 Å². The van der Waals surface area contributed by atoms with E-state index in [4.69, 9.17) is 4.98 Å². The summed E-state index contributed by atoms with van der Waals surface area (Å²) >= 11 is 0. The normalized spacial score (nSPS) is 16.1. The quantitative estimate of drug-likeness (QED) is 0.908. The summed E-state index contributed by atoms with van der Waals surface area (Å²) in [6.45, 7) is 10.9. The minimum absolute atomic E-state index is 0.504. The molecule has 20 heavy (non-hydrogen) atoms. The van der Waals surface area contributed by atoms with E-state index in [2.05, 4.69) is 55.3 Å². The van der Waals surface area contributed by atoms with Gasteiger partial charge in [0.25, 0.3) is 0 Å². The molecule has 1 N–H and O–H groups in total. The van der Waals surface area contributed by atoms with E-state index >= 15 is 0 Å². The van der Waals surface area contributed by atoms with E-state index in [1.807, 2.05) is 0 Å². The van der Waals surface area contributed by atoms with Gasteiger partial charge in [-0.1, -0.05) is 32.0 Å². The van der Waals surface area contributed by atoms with E-state index in [9.17, 15) is 0 Å². The van der Waals surface area contributed by atoms with Crippen molar-refractivity contribution >= 4 is 16.6 Å². The summed E-state index contributed by atoms with van der Waals surface area (Å²) in [5.41, 5.74) is 4.98. The molecule has 0 spiro atoms. The van der Waals surface area contributed by atoms with Gasteiger partial charge in [-0.25, -0.2) is 0 Å². The summed E-state index contributed by atoms with van der Waals surface area (Å²) in [4.78, 5) is 7.29. The summed E-state index contributed by atoms with van der Waals surface area (Å²) in [6, 6.07) is 8.82. The van der Waals surface area contributed by atoms with Gasteiger partial charge in [0, 0.05) is 42.9 Å². The molecule has 106 valence electrons. The zero-order valence-electron chi connectivity index (χ0n) is 12.6. The molecule has 0 aliphatic carbocycles. The number of aromatic nitrogens is 1. The van der Waals surface area contributed by atoms with Gasteiger partial charge in [0.2, 0.25) is 0 Å². The van der Waals surface area contributed by atoms with Crippen molar-refractivity contribution < 1.29 is 0 Å². The second kappa shape index (κ2) is 5.41. The van der Waals surface area contributed by atoms with Crippen LogP contribution < -0.4 is 10.2 Å². The molecule has 3 heteroatoms. The number of piperazine rings is 1. The van der Waals surface area contributed by atoms with Crippen LogP contribution in [-0.4, -0.2) is 31.2 Å². The molecule has 3 nitrogen and oxygen atoms in total. The predicted molar refractivity (Wildman–Crippen MR) is 85.7 cm³/mol. The van der Waals surface area contributed by atoms with Crippen molar-refractivity contribution in [2.75, 3.05) is 31.1 Å². The lowest BCUT2D eigenvalue weighted by molar-refractivity contribution is 0.590. The number of benzene rings is 1. The zero-order chi connectivity index (χ0) is 14.1. The van der Waals surface area contributed by atoms with Gasteiger partial charge in [-0.15, -0.1) is 0 Å².